The van der Waals surface area contributed by atoms with Gasteiger partial charge in [0.1, 0.15) is 5.75 Å². The molecular formula is C24H30ClN3O5S2. The quantitative estimate of drug-likeness (QED) is 0.451. The van der Waals surface area contributed by atoms with Crippen molar-refractivity contribution in [2.45, 2.75) is 43.3 Å². The lowest BCUT2D eigenvalue weighted by atomic mass is 9.84. The maximum atomic E-state index is 12.9. The van der Waals surface area contributed by atoms with E-state index in [2.05, 4.69) is 9.71 Å². The fraction of sp³-hybridized carbons (Fsp3) is 0.333. The third-order valence-electron chi connectivity index (χ3n) is 6.13. The summed E-state index contributed by atoms with van der Waals surface area (Å²) in [6.07, 6.45) is 1.47. The van der Waals surface area contributed by atoms with Crippen molar-refractivity contribution in [3.05, 3.63) is 70.2 Å². The van der Waals surface area contributed by atoms with E-state index in [9.17, 15) is 18.3 Å². The zero-order valence-corrected chi connectivity index (χ0v) is 21.7. The number of benzene rings is 2. The zero-order chi connectivity index (χ0) is 25.2. The van der Waals surface area contributed by atoms with E-state index in [0.717, 1.165) is 5.56 Å². The van der Waals surface area contributed by atoms with Crippen LogP contribution >= 0.6 is 22.9 Å². The fourth-order valence-corrected chi connectivity index (χ4v) is 5.95. The molecule has 1 aliphatic rings. The van der Waals surface area contributed by atoms with Gasteiger partial charge in [-0.1, -0.05) is 29.8 Å². The summed E-state index contributed by atoms with van der Waals surface area (Å²) in [4.78, 5) is 18.6. The van der Waals surface area contributed by atoms with E-state index < -0.39 is 21.7 Å². The van der Waals surface area contributed by atoms with E-state index in [0.29, 0.717) is 42.3 Å². The maximum Gasteiger partial charge on any atom is 0.263 e. The van der Waals surface area contributed by atoms with Gasteiger partial charge in [-0.25, -0.2) is 13.4 Å². The lowest BCUT2D eigenvalue weighted by molar-refractivity contribution is -0.142. The number of likely N-dealkylation sites (tertiary alicyclic amines) is 1. The number of piperidine rings is 1. The van der Waals surface area contributed by atoms with Gasteiger partial charge in [-0.15, -0.1) is 11.3 Å². The number of hydrogen-bond acceptors (Lipinski definition) is 7. The molecular weight excluding hydrogens is 510 g/mol. The van der Waals surface area contributed by atoms with Gasteiger partial charge in [0, 0.05) is 38.1 Å². The van der Waals surface area contributed by atoms with Crippen LogP contribution in [0.15, 0.2) is 58.9 Å². The highest BCUT2D eigenvalue weighted by Gasteiger charge is 2.37. The van der Waals surface area contributed by atoms with Crippen molar-refractivity contribution in [1.29, 1.82) is 0 Å². The molecule has 1 aliphatic heterocycles. The largest absolute Gasteiger partial charge is 0.481 e. The van der Waals surface area contributed by atoms with E-state index in [1.165, 1.54) is 29.7 Å². The van der Waals surface area contributed by atoms with Crippen LogP contribution in [0.5, 0.6) is 5.75 Å². The predicted octanol–water partition coefficient (Wildman–Crippen LogP) is 4.68. The lowest BCUT2D eigenvalue weighted by Gasteiger charge is -2.39. The molecule has 2 N–H and O–H groups in total. The van der Waals surface area contributed by atoms with Crippen molar-refractivity contribution in [2.24, 2.45) is 0 Å². The molecule has 1 fully saturated rings. The highest BCUT2D eigenvalue weighted by atomic mass is 35.5. The molecule has 8 nitrogen and oxygen atoms in total. The number of thiazole rings is 1. The molecule has 0 unspecified atom stereocenters. The summed E-state index contributed by atoms with van der Waals surface area (Å²) in [7, 11) is -3.77. The van der Waals surface area contributed by atoms with Gasteiger partial charge in [-0.3, -0.25) is 9.52 Å². The highest BCUT2D eigenvalue weighted by Crippen LogP contribution is 2.34. The smallest absolute Gasteiger partial charge is 0.263 e. The normalized spacial score (nSPS) is 16.5. The molecule has 0 bridgehead atoms. The summed E-state index contributed by atoms with van der Waals surface area (Å²) in [6.45, 7) is 4.23. The Labute approximate surface area is 216 Å². The average molecular weight is 540 g/mol. The van der Waals surface area contributed by atoms with Crippen molar-refractivity contribution in [3.63, 3.8) is 0 Å². The summed E-state index contributed by atoms with van der Waals surface area (Å²) >= 11 is 7.33. The first-order valence-corrected chi connectivity index (χ1v) is 13.8. The van der Waals surface area contributed by atoms with E-state index in [-0.39, 0.29) is 18.8 Å². The SMILES string of the molecule is Cc1c(Cl)cccc1O[C@@H](C)C(=O)N1CCC(O)(c2ccc(S(=O)(=O)Nc3nccs3)cc2)CC1.[HH].[HH]. The molecule has 1 aromatic heterocycles. The molecule has 35 heavy (non-hydrogen) atoms. The van der Waals surface area contributed by atoms with Gasteiger partial charge in [0.2, 0.25) is 0 Å². The first kappa shape index (κ1) is 25.4. The minimum Gasteiger partial charge on any atom is -0.481 e. The van der Waals surface area contributed by atoms with E-state index in [1.54, 1.807) is 47.5 Å². The number of aromatic nitrogens is 1. The molecule has 0 saturated carbocycles. The van der Waals surface area contributed by atoms with E-state index in [1.807, 2.05) is 6.92 Å². The van der Waals surface area contributed by atoms with Gasteiger partial charge in [-0.05, 0) is 56.5 Å². The minimum absolute atomic E-state index is 0. The van der Waals surface area contributed by atoms with Gasteiger partial charge >= 0.3 is 0 Å². The number of sulfonamides is 1. The first-order chi connectivity index (χ1) is 16.6. The third-order valence-corrected chi connectivity index (χ3v) is 8.71. The van der Waals surface area contributed by atoms with E-state index >= 15 is 0 Å². The number of nitrogens with zero attached hydrogens (tertiary/aromatic N) is 2. The Morgan fingerprint density at radius 2 is 1.94 bits per heavy atom. The van der Waals surface area contributed by atoms with Crippen molar-refractivity contribution in [1.82, 2.24) is 9.88 Å². The molecule has 4 rings (SSSR count). The Kier molecular flexibility index (Phi) is 7.37. The number of nitrogens with one attached hydrogen (secondary N) is 1. The Bertz CT molecular complexity index is 1300. The lowest BCUT2D eigenvalue weighted by Crippen LogP contribution is -2.49. The summed E-state index contributed by atoms with van der Waals surface area (Å²) in [5.74, 6) is 0.396. The van der Waals surface area contributed by atoms with Crippen molar-refractivity contribution < 1.29 is 25.9 Å². The van der Waals surface area contributed by atoms with Crippen LogP contribution in [0.2, 0.25) is 5.02 Å². The Hall–Kier alpha value is -2.66. The van der Waals surface area contributed by atoms with Crippen LogP contribution in [0.3, 0.4) is 0 Å². The second-order valence-corrected chi connectivity index (χ2v) is 11.4. The average Bonchev–Trinajstić information content (AvgIpc) is 3.34. The monoisotopic (exact) mass is 539 g/mol. The van der Waals surface area contributed by atoms with Crippen LogP contribution in [0.25, 0.3) is 0 Å². The number of carbonyl (C=O) groups excluding carboxylic acids is 1. The number of amides is 1. The molecule has 11 heteroatoms. The van der Waals surface area contributed by atoms with Crippen LogP contribution in [-0.4, -0.2) is 48.5 Å². The Balaban J connectivity index is 0.00000241. The van der Waals surface area contributed by atoms with E-state index in [4.69, 9.17) is 16.3 Å². The predicted molar refractivity (Wildman–Crippen MR) is 140 cm³/mol. The van der Waals surface area contributed by atoms with Gasteiger partial charge in [0.05, 0.1) is 10.5 Å². The third kappa shape index (κ3) is 5.61. The van der Waals surface area contributed by atoms with Crippen LogP contribution in [0.4, 0.5) is 5.13 Å². The number of carbonyl (C=O) groups is 1. The van der Waals surface area contributed by atoms with Crippen LogP contribution in [0.1, 0.15) is 33.7 Å². The van der Waals surface area contributed by atoms with Crippen molar-refractivity contribution >= 4 is 44.0 Å². The number of hydrogen-bond donors (Lipinski definition) is 2. The number of aliphatic hydroxyl groups is 1. The molecule has 1 amide bonds. The molecule has 1 saturated heterocycles. The van der Waals surface area contributed by atoms with Crippen molar-refractivity contribution in [3.8, 4) is 5.75 Å². The van der Waals surface area contributed by atoms with Crippen LogP contribution in [-0.2, 0) is 20.4 Å². The highest BCUT2D eigenvalue weighted by molar-refractivity contribution is 7.93. The van der Waals surface area contributed by atoms with Gasteiger partial charge in [-0.2, -0.15) is 0 Å². The number of anilines is 1. The summed E-state index contributed by atoms with van der Waals surface area (Å²) in [6, 6.07) is 11.5. The second kappa shape index (κ2) is 10.1. The second-order valence-electron chi connectivity index (χ2n) is 8.45. The van der Waals surface area contributed by atoms with Gasteiger partial charge in [0.15, 0.2) is 11.2 Å². The minimum atomic E-state index is -3.77. The van der Waals surface area contributed by atoms with Gasteiger partial charge in [0.25, 0.3) is 15.9 Å². The Morgan fingerprint density at radius 3 is 2.57 bits per heavy atom. The first-order valence-electron chi connectivity index (χ1n) is 11.0. The molecule has 0 spiro atoms. The summed E-state index contributed by atoms with van der Waals surface area (Å²) in [5.41, 5.74) is 0.223. The molecule has 2 heterocycles. The molecule has 1 atom stereocenters. The fourth-order valence-electron chi connectivity index (χ4n) is 3.99. The molecule has 2 aromatic carbocycles. The number of halogens is 1. The standard InChI is InChI=1S/C24H26ClN3O5S2.2H2/c1-16-20(25)4-3-5-21(16)33-17(2)22(29)28-13-10-24(30,11-14-28)18-6-8-19(9-7-18)35(31,32)27-23-26-12-15-34-23;;/h3-9,12,15,17,30H,10-11,13-14H2,1-2H3,(H,26,27);2*1H/t17-;;/m0../s1. The molecule has 3 aromatic rings. The van der Waals surface area contributed by atoms with Crippen LogP contribution in [0, 0.1) is 6.92 Å². The molecule has 0 aliphatic carbocycles. The summed E-state index contributed by atoms with van der Waals surface area (Å²) < 4.78 is 33.4. The molecule has 190 valence electrons. The molecule has 0 radical (unpaired) electrons. The van der Waals surface area contributed by atoms with Gasteiger partial charge < -0.3 is 14.7 Å². The zero-order valence-electron chi connectivity index (χ0n) is 19.3. The topological polar surface area (TPSA) is 109 Å². The Morgan fingerprint density at radius 1 is 1.26 bits per heavy atom. The van der Waals surface area contributed by atoms with Crippen molar-refractivity contribution in [2.75, 3.05) is 17.8 Å². The summed E-state index contributed by atoms with van der Waals surface area (Å²) in [5, 5.41) is 13.8. The number of rotatable bonds is 7. The number of ether oxygens (including phenoxy) is 1. The maximum absolute atomic E-state index is 12.9. The van der Waals surface area contributed by atoms with Crippen LogP contribution < -0.4 is 9.46 Å².